The van der Waals surface area contributed by atoms with Crippen LogP contribution in [0.2, 0.25) is 0 Å². The zero-order valence-electron chi connectivity index (χ0n) is 9.10. The van der Waals surface area contributed by atoms with E-state index in [9.17, 15) is 13.5 Å². The quantitative estimate of drug-likeness (QED) is 0.886. The summed E-state index contributed by atoms with van der Waals surface area (Å²) in [5, 5.41) is 11.5. The molecule has 1 aliphatic rings. The summed E-state index contributed by atoms with van der Waals surface area (Å²) in [7, 11) is -3.52. The van der Waals surface area contributed by atoms with Crippen LogP contribution in [0.15, 0.2) is 20.1 Å². The van der Waals surface area contributed by atoms with Gasteiger partial charge in [-0.2, -0.15) is 0 Å². The van der Waals surface area contributed by atoms with Gasteiger partial charge < -0.3 is 5.11 Å². The third-order valence-corrected chi connectivity index (χ3v) is 7.02. The van der Waals surface area contributed by atoms with Crippen LogP contribution in [0, 0.1) is 0 Å². The third-order valence-electron chi connectivity index (χ3n) is 2.86. The summed E-state index contributed by atoms with van der Waals surface area (Å²) in [6, 6.07) is 1.35. The van der Waals surface area contributed by atoms with Crippen LogP contribution < -0.4 is 4.72 Å². The van der Waals surface area contributed by atoms with Gasteiger partial charge in [0.2, 0.25) is 0 Å². The third kappa shape index (κ3) is 3.08. The molecule has 0 radical (unpaired) electrons. The number of rotatable bonds is 3. The summed E-state index contributed by atoms with van der Waals surface area (Å²) in [5.74, 6) is 0. The Morgan fingerprint density at radius 3 is 2.71 bits per heavy atom. The van der Waals surface area contributed by atoms with E-state index in [0.717, 1.165) is 12.8 Å². The molecule has 96 valence electrons. The maximum absolute atomic E-state index is 12.1. The molecule has 0 amide bonds. The monoisotopic (exact) mass is 339 g/mol. The summed E-state index contributed by atoms with van der Waals surface area (Å²) in [4.78, 5) is 0. The van der Waals surface area contributed by atoms with Crippen molar-refractivity contribution < 1.29 is 13.5 Å². The maximum atomic E-state index is 12.1. The molecule has 17 heavy (non-hydrogen) atoms. The molecular weight excluding hydrogens is 326 g/mol. The van der Waals surface area contributed by atoms with Gasteiger partial charge in [-0.3, -0.25) is 0 Å². The molecule has 1 heterocycles. The Morgan fingerprint density at radius 1 is 1.41 bits per heavy atom. The SMILES string of the molecule is O=S(=O)(N[C@H]1CCCC[C@@H]1O)c1sccc1Br. The zero-order valence-corrected chi connectivity index (χ0v) is 12.3. The van der Waals surface area contributed by atoms with Crippen molar-refractivity contribution in [3.8, 4) is 0 Å². The zero-order chi connectivity index (χ0) is 12.5. The number of thiophene rings is 1. The van der Waals surface area contributed by atoms with Crippen LogP contribution >= 0.6 is 27.3 Å². The molecule has 1 aromatic heterocycles. The van der Waals surface area contributed by atoms with Crippen molar-refractivity contribution in [2.75, 3.05) is 0 Å². The number of nitrogens with one attached hydrogen (secondary N) is 1. The molecule has 0 spiro atoms. The standard InChI is InChI=1S/C10H14BrNO3S2/c11-7-5-6-16-10(7)17(14,15)12-8-3-1-2-4-9(8)13/h5-6,8-9,12-13H,1-4H2/t8-,9-/m0/s1. The number of sulfonamides is 1. The predicted octanol–water partition coefficient (Wildman–Crippen LogP) is 2.09. The van der Waals surface area contributed by atoms with E-state index in [0.29, 0.717) is 17.3 Å². The highest BCUT2D eigenvalue weighted by Gasteiger charge is 2.29. The lowest BCUT2D eigenvalue weighted by molar-refractivity contribution is 0.101. The van der Waals surface area contributed by atoms with E-state index in [1.54, 1.807) is 11.4 Å². The van der Waals surface area contributed by atoms with Gasteiger partial charge in [0.05, 0.1) is 6.10 Å². The summed E-state index contributed by atoms with van der Waals surface area (Å²) in [6.45, 7) is 0. The van der Waals surface area contributed by atoms with Gasteiger partial charge in [0.1, 0.15) is 4.21 Å². The minimum Gasteiger partial charge on any atom is -0.391 e. The molecule has 2 N–H and O–H groups in total. The van der Waals surface area contributed by atoms with E-state index in [1.165, 1.54) is 11.3 Å². The Labute approximate surface area is 113 Å². The maximum Gasteiger partial charge on any atom is 0.251 e. The second-order valence-electron chi connectivity index (χ2n) is 4.14. The number of hydrogen-bond donors (Lipinski definition) is 2. The van der Waals surface area contributed by atoms with E-state index >= 15 is 0 Å². The fourth-order valence-electron chi connectivity index (χ4n) is 1.97. The fourth-order valence-corrected chi connectivity index (χ4v) is 5.63. The van der Waals surface area contributed by atoms with E-state index < -0.39 is 16.1 Å². The second-order valence-corrected chi connectivity index (χ2v) is 7.82. The molecule has 7 heteroatoms. The lowest BCUT2D eigenvalue weighted by Gasteiger charge is -2.27. The smallest absolute Gasteiger partial charge is 0.251 e. The van der Waals surface area contributed by atoms with Crippen LogP contribution in [0.3, 0.4) is 0 Å². The van der Waals surface area contributed by atoms with Crippen molar-refractivity contribution in [2.24, 2.45) is 0 Å². The van der Waals surface area contributed by atoms with Gasteiger partial charge in [-0.25, -0.2) is 13.1 Å². The normalized spacial score (nSPS) is 26.0. The Kier molecular flexibility index (Phi) is 4.25. The minimum atomic E-state index is -3.52. The van der Waals surface area contributed by atoms with Gasteiger partial charge in [0.25, 0.3) is 10.0 Å². The highest BCUT2D eigenvalue weighted by Crippen LogP contribution is 2.28. The van der Waals surface area contributed by atoms with E-state index in [4.69, 9.17) is 0 Å². The lowest BCUT2D eigenvalue weighted by atomic mass is 9.93. The number of aliphatic hydroxyl groups excluding tert-OH is 1. The van der Waals surface area contributed by atoms with E-state index in [1.807, 2.05) is 0 Å². The summed E-state index contributed by atoms with van der Waals surface area (Å²) < 4.78 is 27.6. The van der Waals surface area contributed by atoms with Crippen LogP contribution in [-0.2, 0) is 10.0 Å². The first-order chi connectivity index (χ1) is 8.00. The van der Waals surface area contributed by atoms with Gasteiger partial charge in [-0.15, -0.1) is 11.3 Å². The molecule has 1 saturated carbocycles. The molecule has 0 unspecified atom stereocenters. The molecule has 2 rings (SSSR count). The Bertz CT molecular complexity index is 485. The molecule has 4 nitrogen and oxygen atoms in total. The van der Waals surface area contributed by atoms with Crippen LogP contribution in [0.1, 0.15) is 25.7 Å². The van der Waals surface area contributed by atoms with Crippen LogP contribution in [-0.4, -0.2) is 25.7 Å². The first kappa shape index (κ1) is 13.5. The molecular formula is C10H14BrNO3S2. The average Bonchev–Trinajstić information content (AvgIpc) is 2.68. The van der Waals surface area contributed by atoms with E-state index in [2.05, 4.69) is 20.7 Å². The van der Waals surface area contributed by atoms with Crippen molar-refractivity contribution in [1.29, 1.82) is 0 Å². The lowest BCUT2D eigenvalue weighted by Crippen LogP contribution is -2.44. The highest BCUT2D eigenvalue weighted by atomic mass is 79.9. The fraction of sp³-hybridized carbons (Fsp3) is 0.600. The molecule has 0 saturated heterocycles. The number of aliphatic hydroxyl groups is 1. The van der Waals surface area contributed by atoms with Crippen molar-refractivity contribution >= 4 is 37.3 Å². The van der Waals surface area contributed by atoms with Crippen LogP contribution in [0.4, 0.5) is 0 Å². The van der Waals surface area contributed by atoms with Gasteiger partial charge in [0.15, 0.2) is 0 Å². The van der Waals surface area contributed by atoms with Crippen molar-refractivity contribution in [1.82, 2.24) is 4.72 Å². The molecule has 1 aromatic rings. The molecule has 0 aromatic carbocycles. The van der Waals surface area contributed by atoms with Crippen LogP contribution in [0.25, 0.3) is 0 Å². The predicted molar refractivity (Wildman–Crippen MR) is 70.6 cm³/mol. The average molecular weight is 340 g/mol. The number of hydrogen-bond acceptors (Lipinski definition) is 4. The molecule has 0 bridgehead atoms. The van der Waals surface area contributed by atoms with Gasteiger partial charge >= 0.3 is 0 Å². The molecule has 0 aliphatic heterocycles. The topological polar surface area (TPSA) is 66.4 Å². The summed E-state index contributed by atoms with van der Waals surface area (Å²) in [5.41, 5.74) is 0. The second kappa shape index (κ2) is 5.36. The van der Waals surface area contributed by atoms with Gasteiger partial charge in [-0.1, -0.05) is 12.8 Å². The van der Waals surface area contributed by atoms with Gasteiger partial charge in [0, 0.05) is 10.5 Å². The van der Waals surface area contributed by atoms with Crippen LogP contribution in [0.5, 0.6) is 0 Å². The highest BCUT2D eigenvalue weighted by molar-refractivity contribution is 9.10. The first-order valence-electron chi connectivity index (χ1n) is 5.44. The molecule has 1 fully saturated rings. The first-order valence-corrected chi connectivity index (χ1v) is 8.59. The molecule has 2 atom stereocenters. The summed E-state index contributed by atoms with van der Waals surface area (Å²) in [6.07, 6.45) is 2.71. The Morgan fingerprint density at radius 2 is 2.12 bits per heavy atom. The van der Waals surface area contributed by atoms with E-state index in [-0.39, 0.29) is 10.3 Å². The Hall–Kier alpha value is 0.0500. The van der Waals surface area contributed by atoms with Crippen molar-refractivity contribution in [2.45, 2.75) is 42.0 Å². The summed E-state index contributed by atoms with van der Waals surface area (Å²) >= 11 is 4.38. The van der Waals surface area contributed by atoms with Crippen molar-refractivity contribution in [3.63, 3.8) is 0 Å². The Balaban J connectivity index is 2.15. The largest absolute Gasteiger partial charge is 0.391 e. The molecule has 1 aliphatic carbocycles. The van der Waals surface area contributed by atoms with Gasteiger partial charge in [-0.05, 0) is 40.2 Å². The minimum absolute atomic E-state index is 0.273. The number of halogens is 1. The van der Waals surface area contributed by atoms with Crippen molar-refractivity contribution in [3.05, 3.63) is 15.9 Å².